The SMILES string of the molecule is CC(=O)N1CCC[C@H]1C(=O)N[C@@H](CC(C)C)C(=O)N[C@@H](Cc1cncn1CCCCCCCCc1ccccc1)C(=O)N[C@@H](CO)C(=O)N[C@H](C(N)=O)[C@@H](C)O[P+](O)(O)OCC[C@@H](O)CO. The number of carbonyl (C=O) groups excluding carboxylic acids is 6. The number of nitrogens with zero attached hydrogens (tertiary/aromatic N) is 3. The zero-order valence-electron chi connectivity index (χ0n) is 38.5. The maximum absolute atomic E-state index is 14.2. The van der Waals surface area contributed by atoms with Gasteiger partial charge in [0.15, 0.2) is 0 Å². The highest BCUT2D eigenvalue weighted by atomic mass is 31.2. The van der Waals surface area contributed by atoms with E-state index < -0.39 is 99.9 Å². The third kappa shape index (κ3) is 19.3. The summed E-state index contributed by atoms with van der Waals surface area (Å²) in [5.41, 5.74) is 7.40. The molecule has 0 saturated carbocycles. The molecule has 2 aromatic rings. The molecular weight excluding hydrogens is 880 g/mol. The van der Waals surface area contributed by atoms with Crippen LogP contribution in [0.5, 0.6) is 0 Å². The third-order valence-electron chi connectivity index (χ3n) is 11.2. The number of unbranched alkanes of at least 4 members (excludes halogenated alkanes) is 5. The average molecular weight is 952 g/mol. The second-order valence-corrected chi connectivity index (χ2v) is 18.6. The van der Waals surface area contributed by atoms with E-state index in [0.717, 1.165) is 44.9 Å². The fourth-order valence-electron chi connectivity index (χ4n) is 7.61. The zero-order chi connectivity index (χ0) is 48.8. The van der Waals surface area contributed by atoms with E-state index in [-0.39, 0.29) is 31.1 Å². The van der Waals surface area contributed by atoms with Crippen LogP contribution in [0.4, 0.5) is 0 Å². The van der Waals surface area contributed by atoms with Crippen LogP contribution in [0.3, 0.4) is 0 Å². The molecule has 0 unspecified atom stereocenters. The van der Waals surface area contributed by atoms with Gasteiger partial charge >= 0.3 is 8.17 Å². The first-order valence-electron chi connectivity index (χ1n) is 22.7. The second kappa shape index (κ2) is 28.5. The first-order valence-corrected chi connectivity index (χ1v) is 24.3. The van der Waals surface area contributed by atoms with Crippen molar-refractivity contribution in [3.63, 3.8) is 0 Å². The van der Waals surface area contributed by atoms with Crippen molar-refractivity contribution in [2.24, 2.45) is 11.7 Å². The molecule has 3 rings (SSSR count). The van der Waals surface area contributed by atoms with Gasteiger partial charge in [0.05, 0.1) is 25.6 Å². The Morgan fingerprint density at radius 3 is 2.14 bits per heavy atom. The first kappa shape index (κ1) is 55.7. The fourth-order valence-corrected chi connectivity index (χ4v) is 8.57. The molecule has 6 amide bonds. The molecule has 7 atom stereocenters. The molecule has 11 N–H and O–H groups in total. The molecule has 0 spiro atoms. The summed E-state index contributed by atoms with van der Waals surface area (Å²) in [6, 6.07) is 3.60. The minimum absolute atomic E-state index is 0.0900. The number of hydrogen-bond donors (Lipinski definition) is 10. The standard InChI is InChI=1S/C44H71N8O13P/c1-29(2)23-35(48-44(61)38-18-14-21-52(38)31(4)55)41(58)47-36(24-33-25-46-28-51(33)20-13-8-6-5-7-10-15-32-16-11-9-12-17-32)42(59)49-37(27-54)43(60)50-39(40(45)57)30(3)65-66(62,63)64-22-19-34(56)26-53/h9,11-12,16-17,25,28-30,34-39,53-54,56,62-63H,5-8,10,13-15,18-24,26-27H2,1-4H3,(H5-,45,47,48,49,50,57,58,59,60,61)/p+1/t30-,34-,35+,36+,37+,38+,39+/m1/s1. The van der Waals surface area contributed by atoms with Crippen LogP contribution >= 0.6 is 8.17 Å². The number of nitrogens with two attached hydrogens (primary N) is 1. The molecule has 370 valence electrons. The van der Waals surface area contributed by atoms with E-state index in [1.165, 1.54) is 24.3 Å². The molecule has 0 bridgehead atoms. The molecule has 0 radical (unpaired) electrons. The highest BCUT2D eigenvalue weighted by Gasteiger charge is 2.45. The number of aliphatic hydroxyl groups is 3. The van der Waals surface area contributed by atoms with Crippen LogP contribution in [0.2, 0.25) is 0 Å². The summed E-state index contributed by atoms with van der Waals surface area (Å²) in [5.74, 6) is -4.79. The van der Waals surface area contributed by atoms with E-state index in [1.807, 2.05) is 36.6 Å². The predicted molar refractivity (Wildman–Crippen MR) is 243 cm³/mol. The van der Waals surface area contributed by atoms with Gasteiger partial charge in [0.1, 0.15) is 42.9 Å². The average Bonchev–Trinajstić information content (AvgIpc) is 3.95. The largest absolute Gasteiger partial charge is 0.570 e. The van der Waals surface area contributed by atoms with Crippen LogP contribution in [0.1, 0.15) is 103 Å². The molecule has 1 aliphatic heterocycles. The maximum Gasteiger partial charge on any atom is 0.570 e. The molecule has 1 aliphatic rings. The summed E-state index contributed by atoms with van der Waals surface area (Å²) in [6.45, 7) is 5.19. The van der Waals surface area contributed by atoms with Gasteiger partial charge in [-0.15, -0.1) is 4.52 Å². The number of carbonyl (C=O) groups is 6. The molecule has 1 aromatic heterocycles. The van der Waals surface area contributed by atoms with Crippen LogP contribution in [0.15, 0.2) is 42.9 Å². The number of rotatable bonds is 31. The second-order valence-electron chi connectivity index (χ2n) is 17.2. The van der Waals surface area contributed by atoms with Crippen molar-refractivity contribution in [2.45, 2.75) is 154 Å². The number of aromatic nitrogens is 2. The van der Waals surface area contributed by atoms with Crippen LogP contribution in [-0.4, -0.2) is 144 Å². The van der Waals surface area contributed by atoms with Gasteiger partial charge in [-0.1, -0.05) is 69.9 Å². The van der Waals surface area contributed by atoms with Crippen molar-refractivity contribution < 1.29 is 62.9 Å². The molecule has 2 heterocycles. The van der Waals surface area contributed by atoms with Crippen molar-refractivity contribution in [2.75, 3.05) is 26.4 Å². The first-order chi connectivity index (χ1) is 31.3. The lowest BCUT2D eigenvalue weighted by Gasteiger charge is -2.28. The summed E-state index contributed by atoms with van der Waals surface area (Å²) in [7, 11) is -4.64. The van der Waals surface area contributed by atoms with Crippen molar-refractivity contribution in [1.82, 2.24) is 35.7 Å². The molecule has 1 saturated heterocycles. The molecule has 66 heavy (non-hydrogen) atoms. The van der Waals surface area contributed by atoms with Crippen molar-refractivity contribution in [3.05, 3.63) is 54.1 Å². The Hall–Kier alpha value is -4.60. The zero-order valence-corrected chi connectivity index (χ0v) is 39.4. The summed E-state index contributed by atoms with van der Waals surface area (Å²) in [4.78, 5) is 106. The number of hydrogen-bond acceptors (Lipinski definition) is 14. The van der Waals surface area contributed by atoms with E-state index >= 15 is 0 Å². The number of imidazole rings is 1. The van der Waals surface area contributed by atoms with Crippen molar-refractivity contribution >= 4 is 43.6 Å². The van der Waals surface area contributed by atoms with Gasteiger partial charge in [-0.3, -0.25) is 28.8 Å². The van der Waals surface area contributed by atoms with Gasteiger partial charge in [-0.25, -0.2) is 4.98 Å². The number of nitrogens with one attached hydrogen (secondary N) is 4. The Balaban J connectivity index is 1.76. The Kier molecular flexibility index (Phi) is 24.1. The monoisotopic (exact) mass is 951 g/mol. The van der Waals surface area contributed by atoms with Crippen LogP contribution < -0.4 is 27.0 Å². The van der Waals surface area contributed by atoms with Gasteiger partial charge in [0.2, 0.25) is 35.4 Å². The van der Waals surface area contributed by atoms with Gasteiger partial charge < -0.3 is 51.8 Å². The Labute approximate surface area is 387 Å². The van der Waals surface area contributed by atoms with E-state index in [4.69, 9.17) is 19.9 Å². The highest BCUT2D eigenvalue weighted by Crippen LogP contribution is 2.53. The van der Waals surface area contributed by atoms with E-state index in [9.17, 15) is 48.8 Å². The normalized spacial score (nSPS) is 16.8. The van der Waals surface area contributed by atoms with E-state index in [1.54, 1.807) is 12.5 Å². The minimum atomic E-state index is -4.64. The van der Waals surface area contributed by atoms with E-state index in [2.05, 4.69) is 38.4 Å². The van der Waals surface area contributed by atoms with E-state index in [0.29, 0.717) is 31.6 Å². The van der Waals surface area contributed by atoms with Crippen molar-refractivity contribution in [1.29, 1.82) is 0 Å². The van der Waals surface area contributed by atoms with Gasteiger partial charge in [0.25, 0.3) is 0 Å². The fraction of sp³-hybridized carbons (Fsp3) is 0.659. The number of benzene rings is 1. The lowest BCUT2D eigenvalue weighted by Crippen LogP contribution is -2.61. The van der Waals surface area contributed by atoms with Gasteiger partial charge in [-0.2, -0.15) is 14.3 Å². The molecule has 21 nitrogen and oxygen atoms in total. The molecular formula is C44H72N8O13P+. The molecule has 1 aromatic carbocycles. The summed E-state index contributed by atoms with van der Waals surface area (Å²) >= 11 is 0. The van der Waals surface area contributed by atoms with Crippen molar-refractivity contribution in [3.8, 4) is 0 Å². The van der Waals surface area contributed by atoms with Crippen LogP contribution in [0.25, 0.3) is 0 Å². The molecule has 1 fully saturated rings. The lowest BCUT2D eigenvalue weighted by atomic mass is 10.0. The van der Waals surface area contributed by atoms with Gasteiger partial charge in [0, 0.05) is 44.7 Å². The molecule has 22 heteroatoms. The number of aliphatic hydroxyl groups excluding tert-OH is 3. The maximum atomic E-state index is 14.2. The summed E-state index contributed by atoms with van der Waals surface area (Å²) in [5, 5.41) is 38.9. The Bertz CT molecular complexity index is 1840. The minimum Gasteiger partial charge on any atom is -0.394 e. The quantitative estimate of drug-likeness (QED) is 0.0360. The topological polar surface area (TPSA) is 317 Å². The highest BCUT2D eigenvalue weighted by molar-refractivity contribution is 7.54. The Morgan fingerprint density at radius 2 is 1.50 bits per heavy atom. The number of aryl methyl sites for hydroxylation is 2. The third-order valence-corrected chi connectivity index (χ3v) is 12.3. The smallest absolute Gasteiger partial charge is 0.394 e. The predicted octanol–water partition coefficient (Wildman–Crippen LogP) is 0.310. The number of likely N-dealkylation sites (tertiary alicyclic amines) is 1. The number of primary amides is 1. The summed E-state index contributed by atoms with van der Waals surface area (Å²) in [6.07, 6.45) is 8.49. The number of amides is 6. The summed E-state index contributed by atoms with van der Waals surface area (Å²) < 4.78 is 11.9. The van der Waals surface area contributed by atoms with Crippen LogP contribution in [-0.2, 0) is 57.2 Å². The van der Waals surface area contributed by atoms with Gasteiger partial charge in [-0.05, 0) is 56.9 Å². The van der Waals surface area contributed by atoms with Crippen LogP contribution in [0, 0.1) is 5.92 Å². The Morgan fingerprint density at radius 1 is 0.864 bits per heavy atom. The lowest BCUT2D eigenvalue weighted by molar-refractivity contribution is -0.139. The molecule has 0 aliphatic carbocycles.